The number of aromatic nitrogens is 2. The summed E-state index contributed by atoms with van der Waals surface area (Å²) in [6.07, 6.45) is 4.10. The molecule has 0 saturated carbocycles. The van der Waals surface area contributed by atoms with Gasteiger partial charge in [-0.1, -0.05) is 6.07 Å². The molecular formula is C12H15N5O. The summed E-state index contributed by atoms with van der Waals surface area (Å²) in [5.74, 6) is 0.847. The summed E-state index contributed by atoms with van der Waals surface area (Å²) in [6.45, 7) is 0.516. The zero-order valence-corrected chi connectivity index (χ0v) is 9.81. The predicted molar refractivity (Wildman–Crippen MR) is 70.2 cm³/mol. The number of benzene rings is 1. The summed E-state index contributed by atoms with van der Waals surface area (Å²) in [6, 6.07) is 6.77. The molecule has 0 unspecified atom stereocenters. The molecule has 18 heavy (non-hydrogen) atoms. The number of nitrogens with one attached hydrogen (secondary N) is 3. The van der Waals surface area contributed by atoms with Gasteiger partial charge in [0.15, 0.2) is 0 Å². The van der Waals surface area contributed by atoms with Gasteiger partial charge in [0.25, 0.3) is 0 Å². The number of urea groups is 1. The van der Waals surface area contributed by atoms with E-state index in [9.17, 15) is 4.79 Å². The van der Waals surface area contributed by atoms with Gasteiger partial charge in [-0.05, 0) is 18.2 Å². The molecule has 6 nitrogen and oxygen atoms in total. The minimum Gasteiger partial charge on any atom is -0.399 e. The minimum absolute atomic E-state index is 0.257. The number of nitrogens with two attached hydrogens (primary N) is 1. The average Bonchev–Trinajstić information content (AvgIpc) is 2.82. The highest BCUT2D eigenvalue weighted by Gasteiger charge is 2.01. The largest absolute Gasteiger partial charge is 0.399 e. The average molecular weight is 245 g/mol. The molecule has 94 valence electrons. The second-order valence-electron chi connectivity index (χ2n) is 3.79. The summed E-state index contributed by atoms with van der Waals surface area (Å²) >= 11 is 0. The molecule has 0 saturated heterocycles. The number of nitrogen functional groups attached to an aromatic ring is 1. The molecule has 6 heteroatoms. The number of hydrogen-bond acceptors (Lipinski definition) is 3. The third kappa shape index (κ3) is 3.51. The molecule has 0 atom stereocenters. The van der Waals surface area contributed by atoms with Gasteiger partial charge in [0.1, 0.15) is 5.82 Å². The monoisotopic (exact) mass is 245 g/mol. The first-order valence-corrected chi connectivity index (χ1v) is 5.63. The van der Waals surface area contributed by atoms with Crippen LogP contribution in [0.1, 0.15) is 5.82 Å². The van der Waals surface area contributed by atoms with Crippen LogP contribution in [-0.2, 0) is 6.42 Å². The van der Waals surface area contributed by atoms with Gasteiger partial charge in [0.2, 0.25) is 0 Å². The van der Waals surface area contributed by atoms with Gasteiger partial charge in [-0.3, -0.25) is 0 Å². The van der Waals surface area contributed by atoms with Gasteiger partial charge < -0.3 is 21.4 Å². The van der Waals surface area contributed by atoms with Gasteiger partial charge in [-0.2, -0.15) is 0 Å². The summed E-state index contributed by atoms with van der Waals surface area (Å²) < 4.78 is 0. The van der Waals surface area contributed by atoms with Crippen molar-refractivity contribution in [2.24, 2.45) is 0 Å². The number of nitrogens with zero attached hydrogens (tertiary/aromatic N) is 1. The Morgan fingerprint density at radius 1 is 1.44 bits per heavy atom. The Bertz CT molecular complexity index is 509. The zero-order valence-electron chi connectivity index (χ0n) is 9.81. The van der Waals surface area contributed by atoms with Crippen LogP contribution in [0, 0.1) is 0 Å². The molecule has 1 aromatic heterocycles. The first-order valence-electron chi connectivity index (χ1n) is 5.63. The Kier molecular flexibility index (Phi) is 3.80. The number of aromatic amines is 1. The molecule has 0 spiro atoms. The number of H-pyrrole nitrogens is 1. The highest BCUT2D eigenvalue weighted by Crippen LogP contribution is 2.11. The van der Waals surface area contributed by atoms with E-state index in [0.29, 0.717) is 24.3 Å². The van der Waals surface area contributed by atoms with Crippen molar-refractivity contribution in [3.8, 4) is 0 Å². The fourth-order valence-corrected chi connectivity index (χ4v) is 1.52. The van der Waals surface area contributed by atoms with E-state index in [2.05, 4.69) is 20.6 Å². The molecule has 0 aliphatic rings. The highest BCUT2D eigenvalue weighted by molar-refractivity contribution is 5.89. The van der Waals surface area contributed by atoms with E-state index in [4.69, 9.17) is 5.73 Å². The smallest absolute Gasteiger partial charge is 0.319 e. The van der Waals surface area contributed by atoms with Crippen molar-refractivity contribution >= 4 is 17.4 Å². The van der Waals surface area contributed by atoms with Gasteiger partial charge in [-0.25, -0.2) is 9.78 Å². The summed E-state index contributed by atoms with van der Waals surface area (Å²) in [4.78, 5) is 18.6. The third-order valence-electron chi connectivity index (χ3n) is 2.35. The molecule has 1 heterocycles. The number of rotatable bonds is 4. The maximum Gasteiger partial charge on any atom is 0.319 e. The highest BCUT2D eigenvalue weighted by atomic mass is 16.2. The van der Waals surface area contributed by atoms with Gasteiger partial charge in [0.05, 0.1) is 0 Å². The number of anilines is 2. The first-order chi connectivity index (χ1) is 8.74. The second kappa shape index (κ2) is 5.72. The van der Waals surface area contributed by atoms with Crippen LogP contribution in [0.2, 0.25) is 0 Å². The van der Waals surface area contributed by atoms with Crippen molar-refractivity contribution < 1.29 is 4.79 Å². The van der Waals surface area contributed by atoms with Crippen LogP contribution < -0.4 is 16.4 Å². The van der Waals surface area contributed by atoms with E-state index in [1.165, 1.54) is 0 Å². The molecule has 1 aromatic carbocycles. The van der Waals surface area contributed by atoms with Crippen LogP contribution in [-0.4, -0.2) is 22.5 Å². The van der Waals surface area contributed by atoms with Crippen molar-refractivity contribution in [1.29, 1.82) is 0 Å². The van der Waals surface area contributed by atoms with Crippen LogP contribution in [0.5, 0.6) is 0 Å². The molecule has 2 amide bonds. The van der Waals surface area contributed by atoms with E-state index in [0.717, 1.165) is 5.82 Å². The van der Waals surface area contributed by atoms with Crippen molar-refractivity contribution in [3.63, 3.8) is 0 Å². The standard InChI is InChI=1S/C12H15N5O/c13-9-2-1-3-10(8-9)17-12(18)16-5-4-11-14-6-7-15-11/h1-3,6-8H,4-5,13H2,(H,14,15)(H2,16,17,18). The molecular weight excluding hydrogens is 230 g/mol. The van der Waals surface area contributed by atoms with E-state index >= 15 is 0 Å². The lowest BCUT2D eigenvalue weighted by atomic mass is 10.3. The summed E-state index contributed by atoms with van der Waals surface area (Å²) in [5, 5.41) is 5.44. The van der Waals surface area contributed by atoms with E-state index < -0.39 is 0 Å². The molecule has 0 radical (unpaired) electrons. The molecule has 5 N–H and O–H groups in total. The lowest BCUT2D eigenvalue weighted by Gasteiger charge is -2.07. The Hall–Kier alpha value is -2.50. The SMILES string of the molecule is Nc1cccc(NC(=O)NCCc2ncc[nH]2)c1. The Labute approximate surface area is 105 Å². The fourth-order valence-electron chi connectivity index (χ4n) is 1.52. The van der Waals surface area contributed by atoms with E-state index in [1.54, 1.807) is 36.7 Å². The number of carbonyl (C=O) groups excluding carboxylic acids is 1. The van der Waals surface area contributed by atoms with E-state index in [-0.39, 0.29) is 6.03 Å². The number of hydrogen-bond donors (Lipinski definition) is 4. The van der Waals surface area contributed by atoms with Crippen molar-refractivity contribution in [1.82, 2.24) is 15.3 Å². The van der Waals surface area contributed by atoms with Crippen LogP contribution >= 0.6 is 0 Å². The Morgan fingerprint density at radius 2 is 2.33 bits per heavy atom. The van der Waals surface area contributed by atoms with Crippen LogP contribution in [0.3, 0.4) is 0 Å². The maximum absolute atomic E-state index is 11.6. The molecule has 2 aromatic rings. The quantitative estimate of drug-likeness (QED) is 0.612. The molecule has 0 fully saturated rings. The van der Waals surface area contributed by atoms with Crippen LogP contribution in [0.15, 0.2) is 36.7 Å². The fraction of sp³-hybridized carbons (Fsp3) is 0.167. The summed E-state index contributed by atoms with van der Waals surface area (Å²) in [5.41, 5.74) is 6.90. The topological polar surface area (TPSA) is 95.8 Å². The van der Waals surface area contributed by atoms with Gasteiger partial charge in [0, 0.05) is 36.7 Å². The zero-order chi connectivity index (χ0) is 12.8. The van der Waals surface area contributed by atoms with Gasteiger partial charge >= 0.3 is 6.03 Å². The third-order valence-corrected chi connectivity index (χ3v) is 2.35. The molecule has 2 rings (SSSR count). The van der Waals surface area contributed by atoms with Crippen LogP contribution in [0.4, 0.5) is 16.2 Å². The lowest BCUT2D eigenvalue weighted by molar-refractivity contribution is 0.252. The number of carbonyl (C=O) groups is 1. The molecule has 0 aliphatic heterocycles. The molecule has 0 bridgehead atoms. The Morgan fingerprint density at radius 3 is 3.06 bits per heavy atom. The molecule has 0 aliphatic carbocycles. The van der Waals surface area contributed by atoms with E-state index in [1.807, 2.05) is 0 Å². The minimum atomic E-state index is -0.257. The maximum atomic E-state index is 11.6. The lowest BCUT2D eigenvalue weighted by Crippen LogP contribution is -2.30. The predicted octanol–water partition coefficient (Wildman–Crippen LogP) is 1.36. The van der Waals surface area contributed by atoms with Gasteiger partial charge in [-0.15, -0.1) is 0 Å². The van der Waals surface area contributed by atoms with Crippen LogP contribution in [0.25, 0.3) is 0 Å². The summed E-state index contributed by atoms with van der Waals surface area (Å²) in [7, 11) is 0. The van der Waals surface area contributed by atoms with Crippen molar-refractivity contribution in [3.05, 3.63) is 42.5 Å². The number of amides is 2. The normalized spacial score (nSPS) is 10.0. The first kappa shape index (κ1) is 12.0. The second-order valence-corrected chi connectivity index (χ2v) is 3.79. The number of imidazole rings is 1. The Balaban J connectivity index is 1.75. The van der Waals surface area contributed by atoms with Crippen molar-refractivity contribution in [2.75, 3.05) is 17.6 Å². The van der Waals surface area contributed by atoms with Crippen molar-refractivity contribution in [2.45, 2.75) is 6.42 Å².